The van der Waals surface area contributed by atoms with E-state index in [2.05, 4.69) is 9.47 Å². The van der Waals surface area contributed by atoms with Gasteiger partial charge in [-0.2, -0.15) is 4.39 Å². The summed E-state index contributed by atoms with van der Waals surface area (Å²) in [5, 5.41) is 22.1. The Morgan fingerprint density at radius 1 is 1.20 bits per heavy atom. The monoisotopic (exact) mass is 366 g/mol. The van der Waals surface area contributed by atoms with Gasteiger partial charge in [0.1, 0.15) is 0 Å². The van der Waals surface area contributed by atoms with Crippen molar-refractivity contribution in [2.45, 2.75) is 39.0 Å². The van der Waals surface area contributed by atoms with Crippen LogP contribution in [0.15, 0.2) is 12.1 Å². The van der Waals surface area contributed by atoms with E-state index in [1.54, 1.807) is 13.8 Å². The van der Waals surface area contributed by atoms with Crippen LogP contribution < -0.4 is 4.74 Å². The molecule has 1 rings (SSSR count). The Balaban J connectivity index is 3.41. The fraction of sp³-hybridized carbons (Fsp3) is 0.462. The molecule has 0 heterocycles. The zero-order valence-corrected chi connectivity index (χ0v) is 13.0. The lowest BCUT2D eigenvalue weighted by Crippen LogP contribution is -2.23. The number of alkyl halides is 3. The number of carbonyl (C=O) groups excluding carboxylic acids is 1. The number of carbonyl (C=O) groups is 1. The summed E-state index contributed by atoms with van der Waals surface area (Å²) in [7, 11) is 0. The highest BCUT2D eigenvalue weighted by atomic mass is 19.3. The predicted molar refractivity (Wildman–Crippen MR) is 76.5 cm³/mol. The highest BCUT2D eigenvalue weighted by Gasteiger charge is 2.36. The van der Waals surface area contributed by atoms with Gasteiger partial charge in [0.05, 0.1) is 9.85 Å². The molecule has 0 bridgehead atoms. The van der Waals surface area contributed by atoms with Crippen LogP contribution in [0.2, 0.25) is 0 Å². The van der Waals surface area contributed by atoms with Gasteiger partial charge in [-0.1, -0.05) is 13.8 Å². The third-order valence-electron chi connectivity index (χ3n) is 3.26. The maximum absolute atomic E-state index is 12.8. The number of nitro benzene ring substituents is 2. The maximum Gasteiger partial charge on any atom is 0.516 e. The van der Waals surface area contributed by atoms with E-state index in [1.807, 2.05) is 0 Å². The molecule has 12 heteroatoms. The molecule has 2 unspecified atom stereocenters. The Bertz CT molecular complexity index is 684. The molecule has 138 valence electrons. The van der Waals surface area contributed by atoms with Crippen molar-refractivity contribution in [3.63, 3.8) is 0 Å². The van der Waals surface area contributed by atoms with Gasteiger partial charge in [0.25, 0.3) is 0 Å². The summed E-state index contributed by atoms with van der Waals surface area (Å²) >= 11 is 0. The van der Waals surface area contributed by atoms with Gasteiger partial charge in [0.15, 0.2) is 0 Å². The van der Waals surface area contributed by atoms with Crippen molar-refractivity contribution >= 4 is 17.5 Å². The van der Waals surface area contributed by atoms with Crippen LogP contribution in [0, 0.1) is 20.2 Å². The van der Waals surface area contributed by atoms with Gasteiger partial charge in [-0.25, -0.2) is 13.6 Å². The molecule has 0 N–H and O–H groups in total. The average molecular weight is 366 g/mol. The summed E-state index contributed by atoms with van der Waals surface area (Å²) in [5.74, 6) is -1.29. The minimum Gasteiger partial charge on any atom is -0.393 e. The first-order valence-electron chi connectivity index (χ1n) is 6.86. The van der Waals surface area contributed by atoms with Crippen molar-refractivity contribution in [2.75, 3.05) is 0 Å². The van der Waals surface area contributed by atoms with E-state index in [9.17, 15) is 38.2 Å². The molecule has 1 aromatic carbocycles. The molecular formula is C13H13F3N2O7. The summed E-state index contributed by atoms with van der Waals surface area (Å²) in [6.07, 6.45) is -8.54. The first-order valence-corrected chi connectivity index (χ1v) is 6.86. The van der Waals surface area contributed by atoms with Crippen LogP contribution in [0.3, 0.4) is 0 Å². The van der Waals surface area contributed by atoms with Crippen molar-refractivity contribution in [2.24, 2.45) is 0 Å². The smallest absolute Gasteiger partial charge is 0.393 e. The van der Waals surface area contributed by atoms with Crippen LogP contribution >= 0.6 is 0 Å². The normalized spacial score (nSPS) is 13.2. The van der Waals surface area contributed by atoms with Gasteiger partial charge in [0, 0.05) is 11.6 Å². The zero-order valence-electron chi connectivity index (χ0n) is 13.0. The SMILES string of the molecule is CCC(C)c1ccc([N+](=O)[O-])c([N+](=O)[O-])c1OC(=O)OC(F)C(F)F. The minimum atomic E-state index is -3.65. The Hall–Kier alpha value is -2.92. The number of halogens is 3. The highest BCUT2D eigenvalue weighted by Crippen LogP contribution is 2.43. The molecule has 9 nitrogen and oxygen atoms in total. The lowest BCUT2D eigenvalue weighted by atomic mass is 9.96. The van der Waals surface area contributed by atoms with Gasteiger partial charge in [-0.05, 0) is 18.4 Å². The molecule has 0 aliphatic rings. The van der Waals surface area contributed by atoms with Gasteiger partial charge in [0.2, 0.25) is 5.75 Å². The second-order valence-electron chi connectivity index (χ2n) is 4.83. The number of rotatable bonds is 7. The first-order chi connectivity index (χ1) is 11.6. The molecule has 0 aliphatic heterocycles. The number of benzene rings is 1. The maximum atomic E-state index is 12.8. The van der Waals surface area contributed by atoms with Crippen LogP contribution in [-0.2, 0) is 4.74 Å². The van der Waals surface area contributed by atoms with Gasteiger partial charge in [-0.15, -0.1) is 0 Å². The minimum absolute atomic E-state index is 0.0317. The summed E-state index contributed by atoms with van der Waals surface area (Å²) in [6, 6.07) is 1.98. The van der Waals surface area contributed by atoms with Crippen LogP contribution in [0.5, 0.6) is 5.75 Å². The molecule has 25 heavy (non-hydrogen) atoms. The third kappa shape index (κ3) is 4.78. The molecule has 1 aromatic rings. The highest BCUT2D eigenvalue weighted by molar-refractivity contribution is 5.72. The van der Waals surface area contributed by atoms with Gasteiger partial charge < -0.3 is 9.47 Å². The number of nitrogens with zero attached hydrogens (tertiary/aromatic N) is 2. The van der Waals surface area contributed by atoms with Crippen molar-refractivity contribution in [1.82, 2.24) is 0 Å². The quantitative estimate of drug-likeness (QED) is 0.308. The topological polar surface area (TPSA) is 122 Å². The Kier molecular flexibility index (Phi) is 6.65. The number of ether oxygens (including phenoxy) is 2. The molecule has 0 saturated carbocycles. The summed E-state index contributed by atoms with van der Waals surface area (Å²) in [5.41, 5.74) is -2.11. The summed E-state index contributed by atoms with van der Waals surface area (Å²) in [6.45, 7) is 3.27. The van der Waals surface area contributed by atoms with Crippen LogP contribution in [0.1, 0.15) is 31.7 Å². The Morgan fingerprint density at radius 3 is 2.24 bits per heavy atom. The zero-order chi connectivity index (χ0) is 19.3. The van der Waals surface area contributed by atoms with Crippen molar-refractivity contribution < 1.29 is 37.3 Å². The van der Waals surface area contributed by atoms with E-state index in [1.165, 1.54) is 0 Å². The second kappa shape index (κ2) is 8.26. The molecule has 0 radical (unpaired) electrons. The fourth-order valence-electron chi connectivity index (χ4n) is 1.87. The molecule has 0 aliphatic carbocycles. The van der Waals surface area contributed by atoms with Crippen LogP contribution in [-0.4, -0.2) is 28.8 Å². The van der Waals surface area contributed by atoms with Gasteiger partial charge in [-0.3, -0.25) is 20.2 Å². The average Bonchev–Trinajstić information content (AvgIpc) is 2.52. The van der Waals surface area contributed by atoms with Crippen LogP contribution in [0.4, 0.5) is 29.3 Å². The molecule has 0 amide bonds. The number of hydrogen-bond donors (Lipinski definition) is 0. The van der Waals surface area contributed by atoms with E-state index in [-0.39, 0.29) is 5.56 Å². The molecule has 0 fully saturated rings. The summed E-state index contributed by atoms with van der Waals surface area (Å²) in [4.78, 5) is 31.3. The molecule has 0 aromatic heterocycles. The first kappa shape index (κ1) is 20.1. The van der Waals surface area contributed by atoms with Crippen molar-refractivity contribution in [1.29, 1.82) is 0 Å². The van der Waals surface area contributed by atoms with Crippen LogP contribution in [0.25, 0.3) is 0 Å². The Morgan fingerprint density at radius 2 is 1.80 bits per heavy atom. The van der Waals surface area contributed by atoms with E-state index < -0.39 is 51.8 Å². The third-order valence-corrected chi connectivity index (χ3v) is 3.26. The predicted octanol–water partition coefficient (Wildman–Crippen LogP) is 4.09. The standard InChI is InChI=1S/C13H13F3N2O7/c1-3-6(2)7-4-5-8(17(20)21)9(18(22)23)10(7)24-13(19)25-12(16)11(14)15/h4-6,11-12H,3H2,1-2H3. The molecular weight excluding hydrogens is 353 g/mol. The van der Waals surface area contributed by atoms with E-state index in [4.69, 9.17) is 0 Å². The number of nitro groups is 2. The second-order valence-corrected chi connectivity index (χ2v) is 4.83. The molecule has 0 spiro atoms. The van der Waals surface area contributed by atoms with E-state index >= 15 is 0 Å². The van der Waals surface area contributed by atoms with E-state index in [0.717, 1.165) is 12.1 Å². The molecule has 0 saturated heterocycles. The lowest BCUT2D eigenvalue weighted by Gasteiger charge is -2.15. The fourth-order valence-corrected chi connectivity index (χ4v) is 1.87. The van der Waals surface area contributed by atoms with Gasteiger partial charge >= 0.3 is 30.3 Å². The Labute approximate surface area is 138 Å². The molecule has 2 atom stereocenters. The largest absolute Gasteiger partial charge is 0.516 e. The van der Waals surface area contributed by atoms with Crippen molar-refractivity contribution in [3.8, 4) is 5.75 Å². The lowest BCUT2D eigenvalue weighted by molar-refractivity contribution is -0.423. The number of hydrogen-bond acceptors (Lipinski definition) is 7. The van der Waals surface area contributed by atoms with Crippen molar-refractivity contribution in [3.05, 3.63) is 37.9 Å². The summed E-state index contributed by atoms with van der Waals surface area (Å²) < 4.78 is 45.0. The van der Waals surface area contributed by atoms with E-state index in [0.29, 0.717) is 6.42 Å².